The number of hydrogen-bond donors (Lipinski definition) is 0. The summed E-state index contributed by atoms with van der Waals surface area (Å²) in [6.45, 7) is 11.2. The first-order chi connectivity index (χ1) is 7.38. The van der Waals surface area contributed by atoms with E-state index < -0.39 is 10.4 Å². The first kappa shape index (κ1) is 14.5. The molecule has 0 N–H and O–H groups in total. The molecule has 0 aromatic rings. The molecule has 2 amide bonds. The number of imide groups is 1. The number of nitrogens with zero attached hydrogens (tertiary/aromatic N) is 1. The molecule has 0 bridgehead atoms. The molecule has 3 nitrogen and oxygen atoms in total. The van der Waals surface area contributed by atoms with Crippen molar-refractivity contribution in [2.24, 2.45) is 5.41 Å². The maximum absolute atomic E-state index is 12.2. The minimum Gasteiger partial charge on any atom is -0.275 e. The molecule has 0 aliphatic carbocycles. The third-order valence-corrected chi connectivity index (χ3v) is 4.23. The van der Waals surface area contributed by atoms with Crippen molar-refractivity contribution in [1.82, 2.24) is 4.90 Å². The summed E-state index contributed by atoms with van der Waals surface area (Å²) in [5, 5.41) is 0. The van der Waals surface area contributed by atoms with Crippen molar-refractivity contribution in [3.8, 4) is 0 Å². The Morgan fingerprint density at radius 2 is 1.41 bits per heavy atom. The van der Waals surface area contributed by atoms with Gasteiger partial charge in [-0.25, -0.2) is 0 Å². The van der Waals surface area contributed by atoms with E-state index in [-0.39, 0.29) is 17.2 Å². The van der Waals surface area contributed by atoms with Gasteiger partial charge in [0.1, 0.15) is 0 Å². The molecule has 0 unspecified atom stereocenters. The van der Waals surface area contributed by atoms with Crippen molar-refractivity contribution < 1.29 is 9.59 Å². The summed E-state index contributed by atoms with van der Waals surface area (Å²) in [5.41, 5.74) is -0.920. The van der Waals surface area contributed by atoms with Crippen LogP contribution in [0.15, 0.2) is 0 Å². The lowest BCUT2D eigenvalue weighted by atomic mass is 9.78. The first-order valence-corrected chi connectivity index (χ1v) is 6.31. The number of halogens is 1. The van der Waals surface area contributed by atoms with Gasteiger partial charge in [0.05, 0.1) is 10.4 Å². The summed E-state index contributed by atoms with van der Waals surface area (Å²) in [7, 11) is 0. The number of hydrogen-bond acceptors (Lipinski definition) is 2. The second-order valence-electron chi connectivity index (χ2n) is 6.67. The van der Waals surface area contributed by atoms with Crippen LogP contribution in [0.4, 0.5) is 0 Å². The van der Waals surface area contributed by atoms with Crippen LogP contribution in [0.3, 0.4) is 0 Å². The maximum atomic E-state index is 12.2. The van der Waals surface area contributed by atoms with E-state index in [0.717, 1.165) is 0 Å². The fourth-order valence-electron chi connectivity index (χ4n) is 2.07. The monoisotopic (exact) mass is 259 g/mol. The first-order valence-electron chi connectivity index (χ1n) is 5.93. The third-order valence-electron chi connectivity index (χ3n) is 3.77. The number of amides is 2. The lowest BCUT2D eigenvalue weighted by Crippen LogP contribution is -2.62. The summed E-state index contributed by atoms with van der Waals surface area (Å²) < 4.78 is 0. The second kappa shape index (κ2) is 3.98. The van der Waals surface area contributed by atoms with E-state index in [1.807, 2.05) is 41.5 Å². The van der Waals surface area contributed by atoms with Gasteiger partial charge in [-0.15, -0.1) is 11.6 Å². The lowest BCUT2D eigenvalue weighted by Gasteiger charge is -2.48. The number of carbonyl (C=O) groups is 2. The second-order valence-corrected chi connectivity index (χ2v) is 7.62. The van der Waals surface area contributed by atoms with Crippen molar-refractivity contribution in [3.05, 3.63) is 0 Å². The summed E-state index contributed by atoms with van der Waals surface area (Å²) in [4.78, 5) is 25.0. The molecule has 4 heteroatoms. The quantitative estimate of drug-likeness (QED) is 0.565. The summed E-state index contributed by atoms with van der Waals surface area (Å²) in [6.07, 6.45) is 0.796. The SMILES string of the molecule is CC1(C)CC(=O)N(C(C)(C)C(C)(C)Cl)C(=O)C1. The normalized spacial score (nSPS) is 21.9. The van der Waals surface area contributed by atoms with Crippen molar-refractivity contribution in [3.63, 3.8) is 0 Å². The minimum absolute atomic E-state index is 0.120. The molecule has 0 aromatic carbocycles. The number of rotatable bonds is 2. The van der Waals surface area contributed by atoms with E-state index in [1.165, 1.54) is 4.90 Å². The Bertz CT molecular complexity index is 333. The largest absolute Gasteiger partial charge is 0.275 e. The van der Waals surface area contributed by atoms with Gasteiger partial charge in [-0.2, -0.15) is 0 Å². The summed E-state index contributed by atoms with van der Waals surface area (Å²) >= 11 is 6.31. The molecule has 0 radical (unpaired) electrons. The Balaban J connectivity index is 3.08. The van der Waals surface area contributed by atoms with Crippen molar-refractivity contribution in [2.45, 2.75) is 64.8 Å². The molecule has 1 saturated heterocycles. The zero-order valence-corrected chi connectivity index (χ0v) is 12.3. The minimum atomic E-state index is -0.681. The fraction of sp³-hybridized carbons (Fsp3) is 0.846. The van der Waals surface area contributed by atoms with Crippen LogP contribution < -0.4 is 0 Å². The maximum Gasteiger partial charge on any atom is 0.230 e. The van der Waals surface area contributed by atoms with Crippen molar-refractivity contribution in [2.75, 3.05) is 0 Å². The van der Waals surface area contributed by atoms with Gasteiger partial charge >= 0.3 is 0 Å². The number of likely N-dealkylation sites (tertiary alicyclic amines) is 1. The average Bonchev–Trinajstić information content (AvgIpc) is 1.95. The number of piperidine rings is 1. The van der Waals surface area contributed by atoms with Gasteiger partial charge < -0.3 is 0 Å². The Labute approximate surface area is 108 Å². The Morgan fingerprint density at radius 1 is 1.06 bits per heavy atom. The molecule has 0 saturated carbocycles. The van der Waals surface area contributed by atoms with Crippen LogP contribution >= 0.6 is 11.6 Å². The number of carbonyl (C=O) groups excluding carboxylic acids is 2. The predicted molar refractivity (Wildman–Crippen MR) is 68.9 cm³/mol. The highest BCUT2D eigenvalue weighted by atomic mass is 35.5. The smallest absolute Gasteiger partial charge is 0.230 e. The molecule has 98 valence electrons. The zero-order valence-electron chi connectivity index (χ0n) is 11.6. The fourth-order valence-corrected chi connectivity index (χ4v) is 2.15. The van der Waals surface area contributed by atoms with Gasteiger partial charge in [0, 0.05) is 12.8 Å². The molecule has 0 atom stereocenters. The van der Waals surface area contributed by atoms with Crippen LogP contribution in [0.25, 0.3) is 0 Å². The van der Waals surface area contributed by atoms with Gasteiger partial charge in [0.25, 0.3) is 0 Å². The molecular formula is C13H22ClNO2. The van der Waals surface area contributed by atoms with Gasteiger partial charge in [0.15, 0.2) is 0 Å². The Hall–Kier alpha value is -0.570. The zero-order chi connectivity index (χ0) is 13.6. The number of alkyl halides is 1. The average molecular weight is 260 g/mol. The van der Waals surface area contributed by atoms with Gasteiger partial charge in [0.2, 0.25) is 11.8 Å². The lowest BCUT2D eigenvalue weighted by molar-refractivity contribution is -0.160. The van der Waals surface area contributed by atoms with E-state index >= 15 is 0 Å². The molecule has 17 heavy (non-hydrogen) atoms. The van der Waals surface area contributed by atoms with Crippen molar-refractivity contribution in [1.29, 1.82) is 0 Å². The van der Waals surface area contributed by atoms with Gasteiger partial charge in [-0.05, 0) is 33.1 Å². The molecule has 0 aromatic heterocycles. The molecule has 1 aliphatic heterocycles. The van der Waals surface area contributed by atoms with Crippen LogP contribution in [0.1, 0.15) is 54.4 Å². The standard InChI is InChI=1S/C13H22ClNO2/c1-11(2)7-9(16)15(10(17)8-11)13(5,6)12(3,4)14/h7-8H2,1-6H3. The van der Waals surface area contributed by atoms with Crippen LogP contribution in [0, 0.1) is 5.41 Å². The van der Waals surface area contributed by atoms with E-state index in [9.17, 15) is 9.59 Å². The Kier molecular flexibility index (Phi) is 3.39. The van der Waals surface area contributed by atoms with Crippen LogP contribution in [-0.4, -0.2) is 27.1 Å². The predicted octanol–water partition coefficient (Wildman–Crippen LogP) is 2.96. The highest BCUT2D eigenvalue weighted by molar-refractivity contribution is 6.24. The third kappa shape index (κ3) is 2.65. The molecular weight excluding hydrogens is 238 g/mol. The highest BCUT2D eigenvalue weighted by Crippen LogP contribution is 2.40. The summed E-state index contributed by atoms with van der Waals surface area (Å²) in [6, 6.07) is 0. The molecule has 0 spiro atoms. The van der Waals surface area contributed by atoms with Gasteiger partial charge in [-0.3, -0.25) is 14.5 Å². The molecule has 1 heterocycles. The molecule has 1 fully saturated rings. The summed E-state index contributed by atoms with van der Waals surface area (Å²) in [5.74, 6) is -0.241. The van der Waals surface area contributed by atoms with E-state index in [1.54, 1.807) is 0 Å². The van der Waals surface area contributed by atoms with Crippen LogP contribution in [-0.2, 0) is 9.59 Å². The highest BCUT2D eigenvalue weighted by Gasteiger charge is 2.49. The van der Waals surface area contributed by atoms with E-state index in [0.29, 0.717) is 12.8 Å². The van der Waals surface area contributed by atoms with Crippen molar-refractivity contribution >= 4 is 23.4 Å². The molecule has 1 aliphatic rings. The Morgan fingerprint density at radius 3 is 1.71 bits per heavy atom. The van der Waals surface area contributed by atoms with E-state index in [2.05, 4.69) is 0 Å². The van der Waals surface area contributed by atoms with Crippen LogP contribution in [0.5, 0.6) is 0 Å². The van der Waals surface area contributed by atoms with E-state index in [4.69, 9.17) is 11.6 Å². The van der Waals surface area contributed by atoms with Crippen LogP contribution in [0.2, 0.25) is 0 Å². The molecule has 1 rings (SSSR count). The topological polar surface area (TPSA) is 37.4 Å². The van der Waals surface area contributed by atoms with Gasteiger partial charge in [-0.1, -0.05) is 13.8 Å².